The van der Waals surface area contributed by atoms with E-state index in [1.54, 1.807) is 0 Å². The molecule has 0 saturated carbocycles. The van der Waals surface area contributed by atoms with E-state index in [0.717, 1.165) is 22.4 Å². The molecule has 1 heterocycles. The van der Waals surface area contributed by atoms with Gasteiger partial charge in [0.1, 0.15) is 0 Å². The molecule has 0 atom stereocenters. The Morgan fingerprint density at radius 1 is 1.05 bits per heavy atom. The number of hydrogen-bond acceptors (Lipinski definition) is 3. The smallest absolute Gasteiger partial charge is 0.264 e. The summed E-state index contributed by atoms with van der Waals surface area (Å²) in [6, 6.07) is 11.4. The maximum absolute atomic E-state index is 13.2. The molecular formula is C17H20N2O2S. The molecule has 116 valence electrons. The van der Waals surface area contributed by atoms with Crippen LogP contribution in [0, 0.1) is 20.8 Å². The Morgan fingerprint density at radius 2 is 1.68 bits per heavy atom. The number of sulfonamides is 1. The number of benzene rings is 2. The number of para-hydroxylation sites is 2. The fourth-order valence-corrected chi connectivity index (χ4v) is 5.09. The van der Waals surface area contributed by atoms with Crippen LogP contribution in [0.5, 0.6) is 0 Å². The first-order valence-corrected chi connectivity index (χ1v) is 8.79. The van der Waals surface area contributed by atoms with Gasteiger partial charge in [0, 0.05) is 6.54 Å². The first-order valence-electron chi connectivity index (χ1n) is 7.35. The topological polar surface area (TPSA) is 49.4 Å². The summed E-state index contributed by atoms with van der Waals surface area (Å²) in [6.07, 6.45) is 0. The molecule has 0 radical (unpaired) electrons. The molecule has 2 aromatic rings. The fourth-order valence-electron chi connectivity index (χ4n) is 3.19. The third-order valence-electron chi connectivity index (χ3n) is 3.96. The summed E-state index contributed by atoms with van der Waals surface area (Å²) < 4.78 is 27.9. The molecule has 2 aromatic carbocycles. The quantitative estimate of drug-likeness (QED) is 0.925. The monoisotopic (exact) mass is 316 g/mol. The Morgan fingerprint density at radius 3 is 2.36 bits per heavy atom. The zero-order chi connectivity index (χ0) is 15.9. The molecule has 3 rings (SSSR count). The number of nitrogens with zero attached hydrogens (tertiary/aromatic N) is 1. The molecule has 1 aliphatic rings. The number of anilines is 2. The number of nitrogens with one attached hydrogen (secondary N) is 1. The summed E-state index contributed by atoms with van der Waals surface area (Å²) in [6.45, 7) is 6.75. The molecule has 0 bridgehead atoms. The maximum atomic E-state index is 13.2. The Labute approximate surface area is 131 Å². The van der Waals surface area contributed by atoms with Gasteiger partial charge < -0.3 is 5.32 Å². The van der Waals surface area contributed by atoms with Gasteiger partial charge in [0.2, 0.25) is 0 Å². The molecule has 0 unspecified atom stereocenters. The normalized spacial score (nSPS) is 14.4. The second-order valence-electron chi connectivity index (χ2n) is 5.75. The molecule has 0 saturated heterocycles. The van der Waals surface area contributed by atoms with Gasteiger partial charge in [-0.2, -0.15) is 0 Å². The predicted octanol–water partition coefficient (Wildman–Crippen LogP) is 3.23. The predicted molar refractivity (Wildman–Crippen MR) is 90.1 cm³/mol. The molecule has 0 fully saturated rings. The van der Waals surface area contributed by atoms with Gasteiger partial charge in [-0.3, -0.25) is 4.31 Å². The highest BCUT2D eigenvalue weighted by Gasteiger charge is 2.31. The summed E-state index contributed by atoms with van der Waals surface area (Å²) in [5, 5.41) is 3.25. The van der Waals surface area contributed by atoms with E-state index in [1.165, 1.54) is 4.31 Å². The summed E-state index contributed by atoms with van der Waals surface area (Å²) in [5.41, 5.74) is 4.25. The van der Waals surface area contributed by atoms with Crippen molar-refractivity contribution in [2.45, 2.75) is 25.7 Å². The molecule has 1 aliphatic heterocycles. The highest BCUT2D eigenvalue weighted by Crippen LogP contribution is 2.34. The second kappa shape index (κ2) is 5.32. The molecule has 0 aromatic heterocycles. The van der Waals surface area contributed by atoms with Crippen LogP contribution in [0.1, 0.15) is 16.7 Å². The Hall–Kier alpha value is -2.01. The van der Waals surface area contributed by atoms with E-state index >= 15 is 0 Å². The largest absolute Gasteiger partial charge is 0.382 e. The molecule has 0 amide bonds. The Balaban J connectivity index is 2.17. The van der Waals surface area contributed by atoms with Crippen molar-refractivity contribution in [3.63, 3.8) is 0 Å². The van der Waals surface area contributed by atoms with Gasteiger partial charge in [0.05, 0.1) is 22.8 Å². The van der Waals surface area contributed by atoms with Gasteiger partial charge in [-0.25, -0.2) is 8.42 Å². The minimum absolute atomic E-state index is 0.426. The molecule has 4 nitrogen and oxygen atoms in total. The number of hydrogen-bond donors (Lipinski definition) is 1. The first-order chi connectivity index (χ1) is 10.4. The van der Waals surface area contributed by atoms with Crippen molar-refractivity contribution in [3.8, 4) is 0 Å². The lowest BCUT2D eigenvalue weighted by atomic mass is 10.1. The van der Waals surface area contributed by atoms with E-state index in [2.05, 4.69) is 5.32 Å². The van der Waals surface area contributed by atoms with Gasteiger partial charge in [-0.1, -0.05) is 29.8 Å². The van der Waals surface area contributed by atoms with E-state index in [0.29, 0.717) is 23.7 Å². The van der Waals surface area contributed by atoms with Crippen LogP contribution >= 0.6 is 0 Å². The van der Waals surface area contributed by atoms with Gasteiger partial charge in [-0.05, 0) is 44.0 Å². The minimum atomic E-state index is -3.56. The van der Waals surface area contributed by atoms with Gasteiger partial charge >= 0.3 is 0 Å². The molecule has 22 heavy (non-hydrogen) atoms. The summed E-state index contributed by atoms with van der Waals surface area (Å²) in [4.78, 5) is 0.426. The van der Waals surface area contributed by atoms with Crippen molar-refractivity contribution < 1.29 is 8.42 Å². The van der Waals surface area contributed by atoms with Crippen LogP contribution in [-0.4, -0.2) is 21.5 Å². The lowest BCUT2D eigenvalue weighted by Crippen LogP contribution is -2.39. The standard InChI is InChI=1S/C17H20N2O2S/c1-12-10-13(2)17(14(3)11-12)22(20,21)19-9-8-18-15-6-4-5-7-16(15)19/h4-7,10-11,18H,8-9H2,1-3H3. The van der Waals surface area contributed by atoms with Gasteiger partial charge in [-0.15, -0.1) is 0 Å². The van der Waals surface area contributed by atoms with Crippen molar-refractivity contribution in [1.82, 2.24) is 0 Å². The van der Waals surface area contributed by atoms with E-state index in [-0.39, 0.29) is 0 Å². The zero-order valence-corrected chi connectivity index (χ0v) is 13.9. The maximum Gasteiger partial charge on any atom is 0.264 e. The molecule has 1 N–H and O–H groups in total. The van der Waals surface area contributed by atoms with Gasteiger partial charge in [0.15, 0.2) is 0 Å². The fraction of sp³-hybridized carbons (Fsp3) is 0.294. The van der Waals surface area contributed by atoms with Crippen LogP contribution in [0.3, 0.4) is 0 Å². The lowest BCUT2D eigenvalue weighted by Gasteiger charge is -2.32. The van der Waals surface area contributed by atoms with Crippen molar-refractivity contribution in [2.24, 2.45) is 0 Å². The van der Waals surface area contributed by atoms with Crippen LogP contribution in [0.2, 0.25) is 0 Å². The van der Waals surface area contributed by atoms with Crippen molar-refractivity contribution in [1.29, 1.82) is 0 Å². The SMILES string of the molecule is Cc1cc(C)c(S(=O)(=O)N2CCNc3ccccc32)c(C)c1. The number of rotatable bonds is 2. The molecule has 0 aliphatic carbocycles. The first kappa shape index (κ1) is 14.9. The van der Waals surface area contributed by atoms with E-state index in [1.807, 2.05) is 57.2 Å². The third kappa shape index (κ3) is 2.35. The minimum Gasteiger partial charge on any atom is -0.382 e. The van der Waals surface area contributed by atoms with Crippen LogP contribution < -0.4 is 9.62 Å². The molecule has 5 heteroatoms. The summed E-state index contributed by atoms with van der Waals surface area (Å²) >= 11 is 0. The average molecular weight is 316 g/mol. The molecular weight excluding hydrogens is 296 g/mol. The highest BCUT2D eigenvalue weighted by molar-refractivity contribution is 7.93. The third-order valence-corrected chi connectivity index (χ3v) is 6.08. The van der Waals surface area contributed by atoms with Crippen molar-refractivity contribution in [2.75, 3.05) is 22.7 Å². The van der Waals surface area contributed by atoms with E-state index < -0.39 is 10.0 Å². The summed E-state index contributed by atoms with van der Waals surface area (Å²) in [5.74, 6) is 0. The summed E-state index contributed by atoms with van der Waals surface area (Å²) in [7, 11) is -3.56. The van der Waals surface area contributed by atoms with Crippen LogP contribution in [-0.2, 0) is 10.0 Å². The van der Waals surface area contributed by atoms with Crippen molar-refractivity contribution in [3.05, 3.63) is 53.1 Å². The van der Waals surface area contributed by atoms with E-state index in [9.17, 15) is 8.42 Å². The van der Waals surface area contributed by atoms with Crippen molar-refractivity contribution >= 4 is 21.4 Å². The average Bonchev–Trinajstić information content (AvgIpc) is 2.45. The van der Waals surface area contributed by atoms with Crippen LogP contribution in [0.25, 0.3) is 0 Å². The zero-order valence-electron chi connectivity index (χ0n) is 13.1. The highest BCUT2D eigenvalue weighted by atomic mass is 32.2. The number of fused-ring (bicyclic) bond motifs is 1. The molecule has 0 spiro atoms. The van der Waals surface area contributed by atoms with E-state index in [4.69, 9.17) is 0 Å². The Bertz CT molecular complexity index is 805. The van der Waals surface area contributed by atoms with Gasteiger partial charge in [0.25, 0.3) is 10.0 Å². The lowest BCUT2D eigenvalue weighted by molar-refractivity contribution is 0.589. The number of aryl methyl sites for hydroxylation is 3. The van der Waals surface area contributed by atoms with Crippen LogP contribution in [0.4, 0.5) is 11.4 Å². The van der Waals surface area contributed by atoms with Crippen LogP contribution in [0.15, 0.2) is 41.3 Å². The second-order valence-corrected chi connectivity index (χ2v) is 7.55. The Kier molecular flexibility index (Phi) is 3.60.